The van der Waals surface area contributed by atoms with Crippen LogP contribution >= 0.6 is 0 Å². The smallest absolute Gasteiger partial charge is 0.234 e. The molecule has 0 aliphatic carbocycles. The van der Waals surface area contributed by atoms with Crippen LogP contribution in [-0.4, -0.2) is 0 Å². The van der Waals surface area contributed by atoms with E-state index in [1.807, 2.05) is 19.1 Å². The maximum absolute atomic E-state index is 11.3. The van der Waals surface area contributed by atoms with Crippen LogP contribution in [0.3, 0.4) is 0 Å². The molecule has 0 bridgehead atoms. The van der Waals surface area contributed by atoms with Crippen molar-refractivity contribution >= 4 is 16.8 Å². The fourth-order valence-corrected chi connectivity index (χ4v) is 1.80. The number of rotatable bonds is 2. The molecule has 14 heavy (non-hydrogen) atoms. The first-order chi connectivity index (χ1) is 6.70. The van der Waals surface area contributed by atoms with E-state index in [0.717, 1.165) is 17.5 Å². The van der Waals surface area contributed by atoms with Crippen molar-refractivity contribution in [1.82, 2.24) is 0 Å². The number of aryl methyl sites for hydroxylation is 1. The van der Waals surface area contributed by atoms with Gasteiger partial charge in [-0.2, -0.15) is 0 Å². The Morgan fingerprint density at radius 2 is 1.86 bits per heavy atom. The summed E-state index contributed by atoms with van der Waals surface area (Å²) < 4.78 is 0. The molecule has 0 saturated carbocycles. The highest BCUT2D eigenvalue weighted by Crippen LogP contribution is 2.19. The lowest BCUT2D eigenvalue weighted by molar-refractivity contribution is 1.15. The maximum Gasteiger partial charge on any atom is 0.234 e. The van der Waals surface area contributed by atoms with Crippen molar-refractivity contribution in [2.24, 2.45) is 0 Å². The predicted molar refractivity (Wildman–Crippen MR) is 58.3 cm³/mol. The Labute approximate surface area is 81.2 Å². The lowest BCUT2D eigenvalue weighted by Crippen LogP contribution is -2.32. The number of hydrogen-bond donors (Lipinski definition) is 0. The van der Waals surface area contributed by atoms with Gasteiger partial charge in [0, 0.05) is 10.8 Å². The molecule has 0 fully saturated rings. The van der Waals surface area contributed by atoms with E-state index in [4.69, 9.17) is 0 Å². The van der Waals surface area contributed by atoms with Gasteiger partial charge in [-0.05, 0) is 17.5 Å². The summed E-state index contributed by atoms with van der Waals surface area (Å²) in [5.41, 5.74) is 1.00. The molecule has 0 heterocycles. The summed E-state index contributed by atoms with van der Waals surface area (Å²) in [5.74, 6) is 0. The van der Waals surface area contributed by atoms with Crippen molar-refractivity contribution in [3.05, 3.63) is 50.3 Å². The third-order valence-electron chi connectivity index (χ3n) is 2.59. The molecule has 0 unspecified atom stereocenters. The molecular weight excluding hydrogens is 176 g/mol. The quantitative estimate of drug-likeness (QED) is 0.668. The Kier molecular flexibility index (Phi) is 1.84. The number of hydrogen-bond acceptors (Lipinski definition) is 2. The third kappa shape index (κ3) is 0.909. The van der Waals surface area contributed by atoms with Crippen molar-refractivity contribution in [2.45, 2.75) is 13.3 Å². The highest BCUT2D eigenvalue weighted by atomic mass is 16.2. The van der Waals surface area contributed by atoms with Crippen LogP contribution in [-0.2, 0) is 6.42 Å². The molecule has 0 radical (unpaired) electrons. The van der Waals surface area contributed by atoms with Crippen LogP contribution in [0, 0.1) is 0 Å². The lowest BCUT2D eigenvalue weighted by Gasteiger charge is -2.07. The molecule has 2 heteroatoms. The average Bonchev–Trinajstić information content (AvgIpc) is 2.25. The molecule has 0 saturated heterocycles. The second-order valence-corrected chi connectivity index (χ2v) is 3.28. The van der Waals surface area contributed by atoms with E-state index in [9.17, 15) is 9.59 Å². The molecule has 0 spiro atoms. The van der Waals surface area contributed by atoms with Gasteiger partial charge in [0.2, 0.25) is 10.9 Å². The van der Waals surface area contributed by atoms with E-state index < -0.39 is 0 Å². The molecule has 0 aliphatic heterocycles. The standard InChI is InChI=1S/C12H10O2/c1-3-7-5-6-8(4-2)10-9(7)11(13)12(10)14/h3,5-6H,1,4H2,2H3. The van der Waals surface area contributed by atoms with Crippen LogP contribution in [0.4, 0.5) is 0 Å². The highest BCUT2D eigenvalue weighted by molar-refractivity contribution is 5.96. The normalized spacial score (nSPS) is 10.9. The Morgan fingerprint density at radius 3 is 2.43 bits per heavy atom. The van der Waals surface area contributed by atoms with Gasteiger partial charge in [0.25, 0.3) is 0 Å². The van der Waals surface area contributed by atoms with E-state index in [1.54, 1.807) is 6.08 Å². The van der Waals surface area contributed by atoms with Crippen LogP contribution in [0.25, 0.3) is 16.8 Å². The molecule has 0 atom stereocenters. The maximum atomic E-state index is 11.3. The summed E-state index contributed by atoms with van der Waals surface area (Å²) in [6.45, 7) is 5.59. The zero-order valence-electron chi connectivity index (χ0n) is 7.96. The van der Waals surface area contributed by atoms with Crippen LogP contribution in [0.5, 0.6) is 0 Å². The van der Waals surface area contributed by atoms with Crippen molar-refractivity contribution in [3.8, 4) is 0 Å². The predicted octanol–water partition coefficient (Wildman–Crippen LogP) is 1.64. The van der Waals surface area contributed by atoms with Crippen molar-refractivity contribution in [2.75, 3.05) is 0 Å². The third-order valence-corrected chi connectivity index (χ3v) is 2.59. The van der Waals surface area contributed by atoms with Gasteiger partial charge in [0.15, 0.2) is 0 Å². The van der Waals surface area contributed by atoms with Crippen molar-refractivity contribution in [1.29, 1.82) is 0 Å². The van der Waals surface area contributed by atoms with Crippen molar-refractivity contribution in [3.63, 3.8) is 0 Å². The second-order valence-electron chi connectivity index (χ2n) is 3.28. The fraction of sp³-hybridized carbons (Fsp3) is 0.167. The van der Waals surface area contributed by atoms with Gasteiger partial charge in [0.1, 0.15) is 0 Å². The van der Waals surface area contributed by atoms with Gasteiger partial charge in [-0.1, -0.05) is 31.7 Å². The molecule has 0 N–H and O–H groups in total. The molecule has 0 aromatic heterocycles. The summed E-state index contributed by atoms with van der Waals surface area (Å²) in [7, 11) is 0. The highest BCUT2D eigenvalue weighted by Gasteiger charge is 2.17. The number of fused-ring (bicyclic) bond motifs is 1. The van der Waals surface area contributed by atoms with E-state index >= 15 is 0 Å². The summed E-state index contributed by atoms with van der Waals surface area (Å²) in [6.07, 6.45) is 2.39. The molecule has 0 aliphatic rings. The van der Waals surface area contributed by atoms with Gasteiger partial charge in [-0.15, -0.1) is 0 Å². The van der Waals surface area contributed by atoms with E-state index in [2.05, 4.69) is 6.58 Å². The van der Waals surface area contributed by atoms with Gasteiger partial charge >= 0.3 is 0 Å². The largest absolute Gasteiger partial charge is 0.285 e. The zero-order valence-corrected chi connectivity index (χ0v) is 7.96. The SMILES string of the molecule is C=Cc1ccc(CC)c2c(=O)c(=O)c12. The van der Waals surface area contributed by atoms with Gasteiger partial charge in [0.05, 0.1) is 0 Å². The number of benzene rings is 1. The monoisotopic (exact) mass is 186 g/mol. The summed E-state index contributed by atoms with van der Waals surface area (Å²) in [4.78, 5) is 22.6. The van der Waals surface area contributed by atoms with Crippen LogP contribution in [0.2, 0.25) is 0 Å². The minimum atomic E-state index is -0.370. The summed E-state index contributed by atoms with van der Waals surface area (Å²) >= 11 is 0. The van der Waals surface area contributed by atoms with Gasteiger partial charge < -0.3 is 0 Å². The average molecular weight is 186 g/mol. The van der Waals surface area contributed by atoms with Crippen LogP contribution in [0.1, 0.15) is 18.1 Å². The van der Waals surface area contributed by atoms with Gasteiger partial charge in [-0.3, -0.25) is 9.59 Å². The minimum Gasteiger partial charge on any atom is -0.285 e. The molecule has 70 valence electrons. The van der Waals surface area contributed by atoms with E-state index in [1.165, 1.54) is 0 Å². The minimum absolute atomic E-state index is 0.347. The van der Waals surface area contributed by atoms with E-state index in [0.29, 0.717) is 10.8 Å². The Balaban J connectivity index is 2.95. The molecule has 2 aromatic carbocycles. The zero-order chi connectivity index (χ0) is 10.3. The summed E-state index contributed by atoms with van der Waals surface area (Å²) in [5, 5.41) is 1.17. The Hall–Kier alpha value is -1.70. The molecule has 2 nitrogen and oxygen atoms in total. The van der Waals surface area contributed by atoms with Crippen LogP contribution in [0.15, 0.2) is 28.3 Å². The summed E-state index contributed by atoms with van der Waals surface area (Å²) in [6, 6.07) is 3.73. The molecule has 0 amide bonds. The fourth-order valence-electron chi connectivity index (χ4n) is 1.80. The van der Waals surface area contributed by atoms with Crippen molar-refractivity contribution < 1.29 is 0 Å². The Bertz CT molecular complexity index is 584. The van der Waals surface area contributed by atoms with Gasteiger partial charge in [-0.25, -0.2) is 0 Å². The first kappa shape index (κ1) is 8.88. The molecular formula is C12H10O2. The van der Waals surface area contributed by atoms with E-state index in [-0.39, 0.29) is 10.9 Å². The first-order valence-corrected chi connectivity index (χ1v) is 4.58. The Morgan fingerprint density at radius 1 is 1.21 bits per heavy atom. The van der Waals surface area contributed by atoms with Crippen LogP contribution < -0.4 is 10.9 Å². The molecule has 2 rings (SSSR count). The topological polar surface area (TPSA) is 34.1 Å². The lowest BCUT2D eigenvalue weighted by atomic mass is 9.94. The first-order valence-electron chi connectivity index (χ1n) is 4.58. The molecule has 2 aromatic rings. The second kappa shape index (κ2) is 2.91.